The summed E-state index contributed by atoms with van der Waals surface area (Å²) in [6.07, 6.45) is -1.42. The number of nitrogens with zero attached hydrogens (tertiary/aromatic N) is 1. The molecule has 1 atom stereocenters. The maximum Gasteiger partial charge on any atom is 0.416 e. The van der Waals surface area contributed by atoms with E-state index in [-0.39, 0.29) is 6.04 Å². The maximum atomic E-state index is 12.3. The van der Waals surface area contributed by atoms with Crippen molar-refractivity contribution in [1.82, 2.24) is 0 Å². The molecule has 86 valence electrons. The van der Waals surface area contributed by atoms with Crippen LogP contribution in [0.5, 0.6) is 0 Å². The van der Waals surface area contributed by atoms with Crippen molar-refractivity contribution in [3.8, 4) is 0 Å². The molecule has 0 aliphatic carbocycles. The summed E-state index contributed by atoms with van der Waals surface area (Å²) in [5, 5.41) is 0. The molecule has 0 N–H and O–H groups in total. The van der Waals surface area contributed by atoms with Crippen molar-refractivity contribution < 1.29 is 13.2 Å². The third kappa shape index (κ3) is 1.92. The summed E-state index contributed by atoms with van der Waals surface area (Å²) in [4.78, 5) is 2.03. The van der Waals surface area contributed by atoms with Crippen LogP contribution < -0.4 is 4.90 Å². The first-order valence-electron chi connectivity index (χ1n) is 5.09. The van der Waals surface area contributed by atoms with E-state index >= 15 is 0 Å². The van der Waals surface area contributed by atoms with Crippen LogP contribution in [0, 0.1) is 0 Å². The molecule has 0 radical (unpaired) electrons. The second-order valence-electron chi connectivity index (χ2n) is 3.83. The van der Waals surface area contributed by atoms with E-state index in [4.69, 9.17) is 0 Å². The van der Waals surface area contributed by atoms with Crippen LogP contribution in [0.15, 0.2) is 36.9 Å². The van der Waals surface area contributed by atoms with Gasteiger partial charge in [-0.3, -0.25) is 0 Å². The lowest BCUT2D eigenvalue weighted by Gasteiger charge is -2.41. The van der Waals surface area contributed by atoms with E-state index in [9.17, 15) is 13.2 Å². The van der Waals surface area contributed by atoms with Crippen LogP contribution in [0.25, 0.3) is 0 Å². The standard InChI is InChI=1S/C12H12F3N/c1-2-10-7-8-16(10)11-5-3-9(4-6-11)12(13,14)15/h2-6,10H,1,7-8H2. The molecule has 1 aromatic rings. The number of hydrogen-bond donors (Lipinski definition) is 0. The minimum absolute atomic E-state index is 0.261. The lowest BCUT2D eigenvalue weighted by atomic mass is 10.0. The minimum Gasteiger partial charge on any atom is -0.365 e. The lowest BCUT2D eigenvalue weighted by Crippen LogP contribution is -2.46. The van der Waals surface area contributed by atoms with Gasteiger partial charge in [0.15, 0.2) is 0 Å². The number of hydrogen-bond acceptors (Lipinski definition) is 1. The third-order valence-electron chi connectivity index (χ3n) is 2.86. The second-order valence-corrected chi connectivity index (χ2v) is 3.83. The van der Waals surface area contributed by atoms with Gasteiger partial charge in [0.2, 0.25) is 0 Å². The predicted molar refractivity (Wildman–Crippen MR) is 57.4 cm³/mol. The molecule has 0 saturated carbocycles. The van der Waals surface area contributed by atoms with Crippen molar-refractivity contribution in [1.29, 1.82) is 0 Å². The van der Waals surface area contributed by atoms with Crippen LogP contribution in [-0.2, 0) is 6.18 Å². The van der Waals surface area contributed by atoms with Crippen LogP contribution in [0.1, 0.15) is 12.0 Å². The fourth-order valence-electron chi connectivity index (χ4n) is 1.81. The molecule has 1 nitrogen and oxygen atoms in total. The van der Waals surface area contributed by atoms with Gasteiger partial charge in [0.25, 0.3) is 0 Å². The molecular formula is C12H12F3N. The maximum absolute atomic E-state index is 12.3. The molecule has 4 heteroatoms. The molecule has 0 bridgehead atoms. The Morgan fingerprint density at radius 3 is 2.25 bits per heavy atom. The Hall–Kier alpha value is -1.45. The van der Waals surface area contributed by atoms with Crippen molar-refractivity contribution in [2.75, 3.05) is 11.4 Å². The van der Waals surface area contributed by atoms with Crippen LogP contribution in [-0.4, -0.2) is 12.6 Å². The number of rotatable bonds is 2. The van der Waals surface area contributed by atoms with E-state index in [1.807, 2.05) is 11.0 Å². The van der Waals surface area contributed by atoms with E-state index in [0.29, 0.717) is 0 Å². The van der Waals surface area contributed by atoms with E-state index in [0.717, 1.165) is 30.8 Å². The molecule has 1 unspecified atom stereocenters. The zero-order valence-corrected chi connectivity index (χ0v) is 8.67. The Morgan fingerprint density at radius 2 is 1.88 bits per heavy atom. The molecule has 1 fully saturated rings. The first-order chi connectivity index (χ1) is 7.52. The van der Waals surface area contributed by atoms with Crippen molar-refractivity contribution in [3.63, 3.8) is 0 Å². The van der Waals surface area contributed by atoms with Crippen molar-refractivity contribution in [2.45, 2.75) is 18.6 Å². The predicted octanol–water partition coefficient (Wildman–Crippen LogP) is 3.47. The molecule has 1 aliphatic heterocycles. The summed E-state index contributed by atoms with van der Waals surface area (Å²) in [6, 6.07) is 5.52. The Balaban J connectivity index is 2.17. The Bertz CT molecular complexity index is 380. The molecule has 1 saturated heterocycles. The van der Waals surface area contributed by atoms with Crippen LogP contribution >= 0.6 is 0 Å². The average molecular weight is 227 g/mol. The first-order valence-corrected chi connectivity index (χ1v) is 5.09. The largest absolute Gasteiger partial charge is 0.416 e. The van der Waals surface area contributed by atoms with Gasteiger partial charge in [-0.05, 0) is 30.7 Å². The highest BCUT2D eigenvalue weighted by molar-refractivity contribution is 5.52. The van der Waals surface area contributed by atoms with Crippen molar-refractivity contribution in [3.05, 3.63) is 42.5 Å². The molecular weight excluding hydrogens is 215 g/mol. The second kappa shape index (κ2) is 3.85. The van der Waals surface area contributed by atoms with E-state index < -0.39 is 11.7 Å². The third-order valence-corrected chi connectivity index (χ3v) is 2.86. The Kier molecular flexibility index (Phi) is 2.66. The number of halogens is 3. The van der Waals surface area contributed by atoms with Gasteiger partial charge in [0.1, 0.15) is 0 Å². The van der Waals surface area contributed by atoms with Crippen LogP contribution in [0.4, 0.5) is 18.9 Å². The zero-order chi connectivity index (χ0) is 11.8. The van der Waals surface area contributed by atoms with Gasteiger partial charge in [-0.25, -0.2) is 0 Å². The summed E-state index contributed by atoms with van der Waals surface area (Å²) in [5.74, 6) is 0. The Labute approximate surface area is 92.2 Å². The molecule has 1 aliphatic rings. The molecule has 1 aromatic carbocycles. The topological polar surface area (TPSA) is 3.24 Å². The number of benzene rings is 1. The van der Waals surface area contributed by atoms with Gasteiger partial charge < -0.3 is 4.90 Å². The molecule has 0 spiro atoms. The number of anilines is 1. The quantitative estimate of drug-likeness (QED) is 0.699. The summed E-state index contributed by atoms with van der Waals surface area (Å²) >= 11 is 0. The average Bonchev–Trinajstić information content (AvgIpc) is 2.16. The highest BCUT2D eigenvalue weighted by atomic mass is 19.4. The highest BCUT2D eigenvalue weighted by Gasteiger charge is 2.31. The van der Waals surface area contributed by atoms with Gasteiger partial charge >= 0.3 is 6.18 Å². The van der Waals surface area contributed by atoms with Gasteiger partial charge in [0.05, 0.1) is 5.56 Å². The molecule has 1 heterocycles. The Morgan fingerprint density at radius 1 is 1.25 bits per heavy atom. The van der Waals surface area contributed by atoms with Gasteiger partial charge in [0, 0.05) is 18.3 Å². The minimum atomic E-state index is -4.26. The first kappa shape index (κ1) is 11.0. The van der Waals surface area contributed by atoms with Gasteiger partial charge in [-0.1, -0.05) is 6.08 Å². The smallest absolute Gasteiger partial charge is 0.365 e. The monoisotopic (exact) mass is 227 g/mol. The van der Waals surface area contributed by atoms with E-state index in [2.05, 4.69) is 6.58 Å². The molecule has 2 rings (SSSR count). The van der Waals surface area contributed by atoms with Crippen LogP contribution in [0.3, 0.4) is 0 Å². The molecule has 0 amide bonds. The summed E-state index contributed by atoms with van der Waals surface area (Å²) in [6.45, 7) is 4.57. The van der Waals surface area contributed by atoms with E-state index in [1.165, 1.54) is 12.1 Å². The van der Waals surface area contributed by atoms with Gasteiger partial charge in [-0.15, -0.1) is 6.58 Å². The SMILES string of the molecule is C=CC1CCN1c1ccc(C(F)(F)F)cc1. The summed E-state index contributed by atoms with van der Waals surface area (Å²) in [5.41, 5.74) is 0.219. The fourth-order valence-corrected chi connectivity index (χ4v) is 1.81. The van der Waals surface area contributed by atoms with Crippen molar-refractivity contribution in [2.24, 2.45) is 0 Å². The van der Waals surface area contributed by atoms with Crippen LogP contribution in [0.2, 0.25) is 0 Å². The normalized spacial score (nSPS) is 20.4. The number of alkyl halides is 3. The van der Waals surface area contributed by atoms with E-state index in [1.54, 1.807) is 0 Å². The molecule has 0 aromatic heterocycles. The van der Waals surface area contributed by atoms with Crippen molar-refractivity contribution >= 4 is 5.69 Å². The highest BCUT2D eigenvalue weighted by Crippen LogP contribution is 2.32. The summed E-state index contributed by atoms with van der Waals surface area (Å²) < 4.78 is 37.0. The zero-order valence-electron chi connectivity index (χ0n) is 8.67. The molecule has 16 heavy (non-hydrogen) atoms. The lowest BCUT2D eigenvalue weighted by molar-refractivity contribution is -0.137. The van der Waals surface area contributed by atoms with Gasteiger partial charge in [-0.2, -0.15) is 13.2 Å². The fraction of sp³-hybridized carbons (Fsp3) is 0.333. The summed E-state index contributed by atoms with van der Waals surface area (Å²) in [7, 11) is 0.